The molecule has 0 spiro atoms. The van der Waals surface area contributed by atoms with E-state index < -0.39 is 6.10 Å². The van der Waals surface area contributed by atoms with Crippen molar-refractivity contribution in [1.82, 2.24) is 19.8 Å². The van der Waals surface area contributed by atoms with E-state index in [2.05, 4.69) is 32.2 Å². The highest BCUT2D eigenvalue weighted by atomic mass is 16.5. The van der Waals surface area contributed by atoms with Crippen LogP contribution in [-0.2, 0) is 24.4 Å². The number of nitrogens with one attached hydrogen (secondary N) is 1. The summed E-state index contributed by atoms with van der Waals surface area (Å²) in [4.78, 5) is 41.3. The Morgan fingerprint density at radius 3 is 2.60 bits per heavy atom. The number of hydrogen-bond acceptors (Lipinski definition) is 10. The fourth-order valence-corrected chi connectivity index (χ4v) is 6.47. The molecule has 3 aromatic rings. The van der Waals surface area contributed by atoms with Gasteiger partial charge in [0, 0.05) is 69.8 Å². The second-order valence-corrected chi connectivity index (χ2v) is 13.5. The van der Waals surface area contributed by atoms with Gasteiger partial charge in [-0.1, -0.05) is 19.9 Å². The van der Waals surface area contributed by atoms with E-state index in [0.717, 1.165) is 61.2 Å². The third-order valence-electron chi connectivity index (χ3n) is 9.66. The lowest BCUT2D eigenvalue weighted by Crippen LogP contribution is -2.50. The molecule has 3 aliphatic rings. The molecule has 2 fully saturated rings. The zero-order valence-electron chi connectivity index (χ0n) is 27.9. The van der Waals surface area contributed by atoms with Crippen LogP contribution in [-0.4, -0.2) is 88.0 Å². The lowest BCUT2D eigenvalue weighted by atomic mass is 9.93. The van der Waals surface area contributed by atoms with Crippen LogP contribution < -0.4 is 15.0 Å². The van der Waals surface area contributed by atoms with Gasteiger partial charge < -0.3 is 29.4 Å². The van der Waals surface area contributed by atoms with Crippen LogP contribution in [0.15, 0.2) is 41.1 Å². The maximum atomic E-state index is 13.5. The summed E-state index contributed by atoms with van der Waals surface area (Å²) >= 11 is 0. The Morgan fingerprint density at radius 1 is 1.09 bits per heavy atom. The topological polar surface area (TPSA) is 124 Å². The minimum atomic E-state index is -0.603. The van der Waals surface area contributed by atoms with Crippen LogP contribution in [0.1, 0.15) is 78.9 Å². The molecule has 2 N–H and O–H groups in total. The van der Waals surface area contributed by atoms with Crippen LogP contribution in [0.3, 0.4) is 0 Å². The lowest BCUT2D eigenvalue weighted by molar-refractivity contribution is -0.134. The van der Waals surface area contributed by atoms with Gasteiger partial charge in [0.25, 0.3) is 0 Å². The molecule has 0 bridgehead atoms. The summed E-state index contributed by atoms with van der Waals surface area (Å²) in [6.07, 6.45) is 5.78. The number of β-amino-alcohol motifs (C(OH)–C–C–N with tert-alkyl or cyclic N) is 1. The predicted molar refractivity (Wildman–Crippen MR) is 180 cm³/mol. The van der Waals surface area contributed by atoms with Crippen molar-refractivity contribution < 1.29 is 23.8 Å². The smallest absolute Gasteiger partial charge is 0.225 e. The lowest BCUT2D eigenvalue weighted by Gasteiger charge is -2.36. The number of nitrogens with zero attached hydrogens (tertiary/aromatic N) is 5. The van der Waals surface area contributed by atoms with Gasteiger partial charge >= 0.3 is 0 Å². The number of oxazole rings is 1. The number of rotatable bonds is 13. The van der Waals surface area contributed by atoms with Gasteiger partial charge in [-0.25, -0.2) is 9.97 Å². The number of carbonyl (C=O) groups excluding carboxylic acids is 2. The number of aliphatic hydroxyl groups is 1. The van der Waals surface area contributed by atoms with Crippen molar-refractivity contribution >= 4 is 23.3 Å². The summed E-state index contributed by atoms with van der Waals surface area (Å²) in [7, 11) is 0. The molecule has 4 heterocycles. The van der Waals surface area contributed by atoms with Gasteiger partial charge in [-0.2, -0.15) is 0 Å². The maximum absolute atomic E-state index is 13.5. The molecule has 1 aromatic carbocycles. The summed E-state index contributed by atoms with van der Waals surface area (Å²) in [6.45, 7) is 10.9. The zero-order valence-corrected chi connectivity index (χ0v) is 27.9. The van der Waals surface area contributed by atoms with Crippen LogP contribution >= 0.6 is 0 Å². The monoisotopic (exact) mass is 644 g/mol. The van der Waals surface area contributed by atoms with Crippen LogP contribution in [0.5, 0.6) is 5.75 Å². The van der Waals surface area contributed by atoms with Gasteiger partial charge in [-0.15, -0.1) is 0 Å². The highest BCUT2D eigenvalue weighted by Gasteiger charge is 2.26. The van der Waals surface area contributed by atoms with Crippen molar-refractivity contribution in [3.8, 4) is 5.75 Å². The Balaban J connectivity index is 1.02. The Labute approximate surface area is 277 Å². The summed E-state index contributed by atoms with van der Waals surface area (Å²) in [5.41, 5.74) is 3.94. The zero-order chi connectivity index (χ0) is 32.9. The molecular weight excluding hydrogens is 596 g/mol. The summed E-state index contributed by atoms with van der Waals surface area (Å²) in [5, 5.41) is 14.5. The molecule has 1 atom stereocenters. The molecule has 6 rings (SSSR count). The van der Waals surface area contributed by atoms with Gasteiger partial charge in [0.15, 0.2) is 17.9 Å². The van der Waals surface area contributed by atoms with Crippen molar-refractivity contribution in [2.24, 2.45) is 5.92 Å². The molecule has 47 heavy (non-hydrogen) atoms. The number of carbonyl (C=O) groups is 2. The Morgan fingerprint density at radius 2 is 1.89 bits per heavy atom. The maximum Gasteiger partial charge on any atom is 0.225 e. The minimum Gasteiger partial charge on any atom is -0.486 e. The van der Waals surface area contributed by atoms with E-state index in [-0.39, 0.29) is 24.0 Å². The number of ketones is 1. The van der Waals surface area contributed by atoms with E-state index in [1.165, 1.54) is 23.9 Å². The number of Topliss-reactive ketones (excluding diaryl/α,β-unsaturated/α-hetero) is 1. The molecule has 2 aliphatic heterocycles. The van der Waals surface area contributed by atoms with E-state index in [1.54, 1.807) is 0 Å². The van der Waals surface area contributed by atoms with Gasteiger partial charge in [-0.3, -0.25) is 14.5 Å². The number of ether oxygens (including phenoxy) is 1. The molecule has 1 amide bonds. The molecule has 11 nitrogen and oxygen atoms in total. The molecule has 1 saturated carbocycles. The molecule has 0 unspecified atom stereocenters. The number of fused-ring (bicyclic) bond motifs is 1. The molecule has 11 heteroatoms. The van der Waals surface area contributed by atoms with Crippen LogP contribution in [0.25, 0.3) is 0 Å². The molecule has 1 aliphatic carbocycles. The Bertz CT molecular complexity index is 1540. The second kappa shape index (κ2) is 14.9. The van der Waals surface area contributed by atoms with Crippen molar-refractivity contribution in [1.29, 1.82) is 0 Å². The number of aromatic nitrogens is 2. The Kier molecular flexibility index (Phi) is 10.4. The normalized spacial score (nSPS) is 17.7. The van der Waals surface area contributed by atoms with Gasteiger partial charge in [0.1, 0.15) is 24.0 Å². The standard InChI is InChI=1S/C36H48N6O5/c1-24(2)36(45)42-15-13-41(14-16-42)35-19-28(18-34(39-35)38-29-5-4-6-29)32(44)10-8-30(43)21-40-12-11-26-17-31(9-7-27(26)20-40)46-22-33-25(3)37-23-47-33/h7,9,17-19,23-24,29-30,43H,4-6,8,10-16,20-22H2,1-3H3,(H,38,39)/t30-/m0/s1. The average molecular weight is 645 g/mol. The summed E-state index contributed by atoms with van der Waals surface area (Å²) < 4.78 is 11.3. The van der Waals surface area contributed by atoms with Crippen LogP contribution in [0, 0.1) is 12.8 Å². The SMILES string of the molecule is Cc1ncoc1COc1ccc2c(c1)CCN(C[C@@H](O)CCC(=O)c1cc(NC3CCC3)nc(N3CCN(C(=O)C(C)C)CC3)c1)C2. The minimum absolute atomic E-state index is 0.00928. The van der Waals surface area contributed by atoms with Crippen molar-refractivity contribution in [2.45, 2.75) is 84.6 Å². The molecule has 2 aromatic heterocycles. The third kappa shape index (κ3) is 8.31. The predicted octanol–water partition coefficient (Wildman–Crippen LogP) is 4.61. The van der Waals surface area contributed by atoms with Crippen molar-refractivity contribution in [2.75, 3.05) is 49.5 Å². The highest BCUT2D eigenvalue weighted by Crippen LogP contribution is 2.28. The third-order valence-corrected chi connectivity index (χ3v) is 9.66. The van der Waals surface area contributed by atoms with Gasteiger partial charge in [0.05, 0.1) is 11.8 Å². The van der Waals surface area contributed by atoms with Gasteiger partial charge in [-0.05, 0) is 74.4 Å². The van der Waals surface area contributed by atoms with E-state index in [9.17, 15) is 14.7 Å². The first-order valence-corrected chi connectivity index (χ1v) is 17.1. The molecule has 252 valence electrons. The van der Waals surface area contributed by atoms with Crippen molar-refractivity contribution in [3.05, 3.63) is 64.9 Å². The molecular formula is C36H48N6O5. The number of hydrogen-bond donors (Lipinski definition) is 2. The first-order chi connectivity index (χ1) is 22.7. The van der Waals surface area contributed by atoms with E-state index in [0.29, 0.717) is 57.4 Å². The largest absolute Gasteiger partial charge is 0.486 e. The summed E-state index contributed by atoms with van der Waals surface area (Å²) in [6, 6.07) is 10.3. The first-order valence-electron chi connectivity index (χ1n) is 17.1. The van der Waals surface area contributed by atoms with Crippen LogP contribution in [0.2, 0.25) is 0 Å². The number of piperazine rings is 1. The number of pyridine rings is 1. The van der Waals surface area contributed by atoms with Gasteiger partial charge in [0.2, 0.25) is 5.91 Å². The fourth-order valence-electron chi connectivity index (χ4n) is 6.47. The van der Waals surface area contributed by atoms with E-state index >= 15 is 0 Å². The summed E-state index contributed by atoms with van der Waals surface area (Å²) in [5.74, 6) is 3.19. The number of anilines is 2. The number of benzene rings is 1. The number of aryl methyl sites for hydroxylation is 1. The average Bonchev–Trinajstić information content (AvgIpc) is 3.48. The van der Waals surface area contributed by atoms with Crippen molar-refractivity contribution in [3.63, 3.8) is 0 Å². The fraction of sp³-hybridized carbons (Fsp3) is 0.556. The van der Waals surface area contributed by atoms with Crippen LogP contribution in [0.4, 0.5) is 11.6 Å². The quantitative estimate of drug-likeness (QED) is 0.255. The van der Waals surface area contributed by atoms with E-state index in [4.69, 9.17) is 14.1 Å². The Hall–Kier alpha value is -3.96. The second-order valence-electron chi connectivity index (χ2n) is 13.5. The van der Waals surface area contributed by atoms with E-state index in [1.807, 2.05) is 43.9 Å². The number of amides is 1. The first kappa shape index (κ1) is 33.0. The molecule has 1 saturated heterocycles. The number of aliphatic hydroxyl groups excluding tert-OH is 1. The highest BCUT2D eigenvalue weighted by molar-refractivity contribution is 5.97. The molecule has 0 radical (unpaired) electrons.